The molecule has 86 valence electrons. The van der Waals surface area contributed by atoms with Gasteiger partial charge < -0.3 is 14.8 Å². The zero-order valence-corrected chi connectivity index (χ0v) is 9.25. The van der Waals surface area contributed by atoms with Gasteiger partial charge in [0.25, 0.3) is 0 Å². The zero-order valence-electron chi connectivity index (χ0n) is 9.25. The van der Waals surface area contributed by atoms with Crippen LogP contribution in [0.4, 0.5) is 0 Å². The molecule has 1 N–H and O–H groups in total. The largest absolute Gasteiger partial charge is 0.465 e. The van der Waals surface area contributed by atoms with Crippen LogP contribution in [-0.2, 0) is 14.3 Å². The lowest BCUT2D eigenvalue weighted by Crippen LogP contribution is -2.33. The molecule has 0 radical (unpaired) electrons. The number of rotatable bonds is 3. The molecule has 2 fully saturated rings. The molecular formula is C11H19NO3. The maximum atomic E-state index is 11.8. The first-order chi connectivity index (χ1) is 7.21. The van der Waals surface area contributed by atoms with Gasteiger partial charge in [0.15, 0.2) is 0 Å². The van der Waals surface area contributed by atoms with Crippen molar-refractivity contribution in [3.8, 4) is 0 Å². The van der Waals surface area contributed by atoms with Gasteiger partial charge in [-0.1, -0.05) is 0 Å². The van der Waals surface area contributed by atoms with Crippen LogP contribution in [0.5, 0.6) is 0 Å². The Balaban J connectivity index is 1.76. The van der Waals surface area contributed by atoms with Crippen molar-refractivity contribution >= 4 is 5.97 Å². The first-order valence-corrected chi connectivity index (χ1v) is 5.66. The second kappa shape index (κ2) is 4.49. The van der Waals surface area contributed by atoms with Crippen LogP contribution in [0.2, 0.25) is 0 Å². The van der Waals surface area contributed by atoms with Crippen LogP contribution in [0, 0.1) is 11.3 Å². The normalized spacial score (nSPS) is 35.7. The first kappa shape index (κ1) is 10.9. The Hall–Kier alpha value is -0.610. The lowest BCUT2D eigenvalue weighted by molar-refractivity contribution is -0.155. The summed E-state index contributed by atoms with van der Waals surface area (Å²) in [4.78, 5) is 11.8. The van der Waals surface area contributed by atoms with Gasteiger partial charge in [-0.2, -0.15) is 0 Å². The predicted molar refractivity (Wildman–Crippen MR) is 55.5 cm³/mol. The molecule has 2 aliphatic heterocycles. The summed E-state index contributed by atoms with van der Waals surface area (Å²) in [5, 5.41) is 3.20. The molecule has 0 aromatic rings. The minimum Gasteiger partial charge on any atom is -0.465 e. The Morgan fingerprint density at radius 1 is 1.67 bits per heavy atom. The van der Waals surface area contributed by atoms with Crippen LogP contribution in [0.25, 0.3) is 0 Å². The lowest BCUT2D eigenvalue weighted by atomic mass is 9.90. The summed E-state index contributed by atoms with van der Waals surface area (Å²) in [7, 11) is 0. The molecule has 2 rings (SSSR count). The van der Waals surface area contributed by atoms with Crippen molar-refractivity contribution in [3.63, 3.8) is 0 Å². The third kappa shape index (κ3) is 2.49. The summed E-state index contributed by atoms with van der Waals surface area (Å²) in [6.45, 7) is 5.70. The summed E-state index contributed by atoms with van der Waals surface area (Å²) in [5.41, 5.74) is -0.306. The van der Waals surface area contributed by atoms with E-state index in [1.807, 2.05) is 6.92 Å². The van der Waals surface area contributed by atoms with E-state index in [-0.39, 0.29) is 11.4 Å². The summed E-state index contributed by atoms with van der Waals surface area (Å²) >= 11 is 0. The SMILES string of the molecule is CC1(C(=O)OCC2CCOC2)CCNC1. The van der Waals surface area contributed by atoms with Crippen molar-refractivity contribution in [1.82, 2.24) is 5.32 Å². The van der Waals surface area contributed by atoms with Gasteiger partial charge >= 0.3 is 5.97 Å². The molecule has 0 aromatic heterocycles. The van der Waals surface area contributed by atoms with Crippen LogP contribution >= 0.6 is 0 Å². The number of hydrogen-bond acceptors (Lipinski definition) is 4. The average Bonchev–Trinajstić information content (AvgIpc) is 2.85. The van der Waals surface area contributed by atoms with Crippen LogP contribution in [-0.4, -0.2) is 38.9 Å². The monoisotopic (exact) mass is 213 g/mol. The fourth-order valence-electron chi connectivity index (χ4n) is 2.07. The molecule has 2 atom stereocenters. The predicted octanol–water partition coefficient (Wildman–Crippen LogP) is 0.566. The number of esters is 1. The van der Waals surface area contributed by atoms with Crippen molar-refractivity contribution in [2.24, 2.45) is 11.3 Å². The summed E-state index contributed by atoms with van der Waals surface area (Å²) in [5.74, 6) is 0.353. The van der Waals surface area contributed by atoms with Crippen molar-refractivity contribution in [3.05, 3.63) is 0 Å². The number of hydrogen-bond donors (Lipinski definition) is 1. The minimum absolute atomic E-state index is 0.0561. The van der Waals surface area contributed by atoms with E-state index in [9.17, 15) is 4.79 Å². The Labute approximate surface area is 90.3 Å². The van der Waals surface area contributed by atoms with Gasteiger partial charge in [-0.3, -0.25) is 4.79 Å². The van der Waals surface area contributed by atoms with Gasteiger partial charge in [-0.25, -0.2) is 0 Å². The molecule has 0 aliphatic carbocycles. The van der Waals surface area contributed by atoms with E-state index in [0.717, 1.165) is 39.1 Å². The second-order valence-electron chi connectivity index (χ2n) is 4.82. The van der Waals surface area contributed by atoms with E-state index >= 15 is 0 Å². The molecule has 0 amide bonds. The number of carbonyl (C=O) groups is 1. The first-order valence-electron chi connectivity index (χ1n) is 5.66. The topological polar surface area (TPSA) is 47.6 Å². The van der Waals surface area contributed by atoms with Gasteiger partial charge in [-0.15, -0.1) is 0 Å². The molecule has 4 nitrogen and oxygen atoms in total. The van der Waals surface area contributed by atoms with Crippen LogP contribution < -0.4 is 5.32 Å². The molecule has 2 unspecified atom stereocenters. The van der Waals surface area contributed by atoms with Crippen LogP contribution in [0.15, 0.2) is 0 Å². The quantitative estimate of drug-likeness (QED) is 0.696. The van der Waals surface area contributed by atoms with Gasteiger partial charge in [0.05, 0.1) is 18.6 Å². The minimum atomic E-state index is -0.306. The van der Waals surface area contributed by atoms with E-state index < -0.39 is 0 Å². The van der Waals surface area contributed by atoms with Crippen molar-refractivity contribution in [1.29, 1.82) is 0 Å². The standard InChI is InChI=1S/C11H19NO3/c1-11(3-4-12-8-11)10(13)15-7-9-2-5-14-6-9/h9,12H,2-8H2,1H3. The number of nitrogens with one attached hydrogen (secondary N) is 1. The third-order valence-electron chi connectivity index (χ3n) is 3.34. The molecule has 15 heavy (non-hydrogen) atoms. The van der Waals surface area contributed by atoms with E-state index in [0.29, 0.717) is 12.5 Å². The highest BCUT2D eigenvalue weighted by atomic mass is 16.5. The molecule has 2 heterocycles. The van der Waals surface area contributed by atoms with Crippen molar-refractivity contribution < 1.29 is 14.3 Å². The van der Waals surface area contributed by atoms with Gasteiger partial charge in [-0.05, 0) is 26.3 Å². The Bertz CT molecular complexity index is 230. The summed E-state index contributed by atoms with van der Waals surface area (Å²) < 4.78 is 10.6. The molecule has 0 saturated carbocycles. The van der Waals surface area contributed by atoms with Crippen molar-refractivity contribution in [2.45, 2.75) is 19.8 Å². The van der Waals surface area contributed by atoms with Crippen LogP contribution in [0.3, 0.4) is 0 Å². The summed E-state index contributed by atoms with van der Waals surface area (Å²) in [6.07, 6.45) is 1.90. The average molecular weight is 213 g/mol. The molecule has 2 aliphatic rings. The van der Waals surface area contributed by atoms with Gasteiger partial charge in [0.2, 0.25) is 0 Å². The molecule has 2 saturated heterocycles. The highest BCUT2D eigenvalue weighted by Crippen LogP contribution is 2.26. The molecule has 4 heteroatoms. The second-order valence-corrected chi connectivity index (χ2v) is 4.82. The smallest absolute Gasteiger partial charge is 0.313 e. The maximum absolute atomic E-state index is 11.8. The lowest BCUT2D eigenvalue weighted by Gasteiger charge is -2.21. The Morgan fingerprint density at radius 2 is 2.53 bits per heavy atom. The Morgan fingerprint density at radius 3 is 3.13 bits per heavy atom. The molecule has 0 aromatic carbocycles. The fourth-order valence-corrected chi connectivity index (χ4v) is 2.07. The maximum Gasteiger partial charge on any atom is 0.313 e. The van der Waals surface area contributed by atoms with Crippen LogP contribution in [0.1, 0.15) is 19.8 Å². The third-order valence-corrected chi connectivity index (χ3v) is 3.34. The van der Waals surface area contributed by atoms with Gasteiger partial charge in [0.1, 0.15) is 0 Å². The number of ether oxygens (including phenoxy) is 2. The van der Waals surface area contributed by atoms with E-state index in [1.54, 1.807) is 0 Å². The van der Waals surface area contributed by atoms with Crippen molar-refractivity contribution in [2.75, 3.05) is 32.9 Å². The highest BCUT2D eigenvalue weighted by molar-refractivity contribution is 5.77. The van der Waals surface area contributed by atoms with E-state index in [1.165, 1.54) is 0 Å². The summed E-state index contributed by atoms with van der Waals surface area (Å²) in [6, 6.07) is 0. The molecule has 0 spiro atoms. The zero-order chi connectivity index (χ0) is 10.7. The van der Waals surface area contributed by atoms with E-state index in [2.05, 4.69) is 5.32 Å². The van der Waals surface area contributed by atoms with E-state index in [4.69, 9.17) is 9.47 Å². The fraction of sp³-hybridized carbons (Fsp3) is 0.909. The molecular weight excluding hydrogens is 194 g/mol. The Kier molecular flexibility index (Phi) is 3.26. The highest BCUT2D eigenvalue weighted by Gasteiger charge is 2.38. The molecule has 0 bridgehead atoms. The van der Waals surface area contributed by atoms with Gasteiger partial charge in [0, 0.05) is 19.1 Å². The number of carbonyl (C=O) groups excluding carboxylic acids is 1.